The summed E-state index contributed by atoms with van der Waals surface area (Å²) in [4.78, 5) is 11.4. The second-order valence-electron chi connectivity index (χ2n) is 4.45. The molecule has 84 valence electrons. The van der Waals surface area contributed by atoms with Crippen LogP contribution in [0.4, 0.5) is 0 Å². The summed E-state index contributed by atoms with van der Waals surface area (Å²) in [5.41, 5.74) is -0.726. The number of hydrogen-bond donors (Lipinski definition) is 0. The van der Waals surface area contributed by atoms with Crippen LogP contribution in [0.3, 0.4) is 0 Å². The molecule has 0 spiro atoms. The third-order valence-electron chi connectivity index (χ3n) is 1.50. The molecule has 0 bridgehead atoms. The van der Waals surface area contributed by atoms with E-state index in [1.54, 1.807) is 20.8 Å². The summed E-state index contributed by atoms with van der Waals surface area (Å²) in [6.07, 6.45) is 0. The van der Waals surface area contributed by atoms with Crippen molar-refractivity contribution < 1.29 is 17.9 Å². The van der Waals surface area contributed by atoms with E-state index in [0.29, 0.717) is 0 Å². The minimum absolute atomic E-state index is 0.726. The SMILES string of the molecule is CC(C)(C)OC(=O)C(C)(C)S(=O)(=O)Cl. The normalized spacial score (nSPS) is 13.9. The maximum Gasteiger partial charge on any atom is 0.328 e. The maximum atomic E-state index is 11.4. The Morgan fingerprint density at radius 1 is 1.14 bits per heavy atom. The van der Waals surface area contributed by atoms with Crippen molar-refractivity contribution in [2.45, 2.75) is 45.0 Å². The zero-order chi connectivity index (χ0) is 11.8. The van der Waals surface area contributed by atoms with Gasteiger partial charge in [0, 0.05) is 10.7 Å². The number of rotatable bonds is 2. The summed E-state index contributed by atoms with van der Waals surface area (Å²) in [6.45, 7) is 7.39. The predicted molar refractivity (Wildman–Crippen MR) is 54.7 cm³/mol. The second-order valence-corrected chi connectivity index (χ2v) is 7.57. The highest BCUT2D eigenvalue weighted by Gasteiger charge is 2.43. The molecule has 0 fully saturated rings. The molecular formula is C8H15ClO4S. The molecule has 0 unspecified atom stereocenters. The molecule has 0 aromatic heterocycles. The van der Waals surface area contributed by atoms with E-state index in [2.05, 4.69) is 0 Å². The first-order chi connectivity index (χ1) is 5.88. The zero-order valence-electron chi connectivity index (χ0n) is 8.92. The van der Waals surface area contributed by atoms with E-state index >= 15 is 0 Å². The van der Waals surface area contributed by atoms with Gasteiger partial charge in [0.1, 0.15) is 5.60 Å². The molecule has 0 heterocycles. The molecular weight excluding hydrogens is 228 g/mol. The van der Waals surface area contributed by atoms with E-state index < -0.39 is 25.4 Å². The van der Waals surface area contributed by atoms with Crippen molar-refractivity contribution in [3.05, 3.63) is 0 Å². The second kappa shape index (κ2) is 3.70. The highest BCUT2D eigenvalue weighted by atomic mass is 35.7. The first-order valence-corrected chi connectivity index (χ1v) is 6.36. The first kappa shape index (κ1) is 13.7. The molecule has 0 saturated carbocycles. The minimum Gasteiger partial charge on any atom is -0.459 e. The van der Waals surface area contributed by atoms with Crippen LogP contribution in [0.5, 0.6) is 0 Å². The Morgan fingerprint density at radius 2 is 1.50 bits per heavy atom. The van der Waals surface area contributed by atoms with Crippen molar-refractivity contribution in [1.82, 2.24) is 0 Å². The third kappa shape index (κ3) is 3.46. The summed E-state index contributed by atoms with van der Waals surface area (Å²) >= 11 is 0. The van der Waals surface area contributed by atoms with Crippen LogP contribution in [0.1, 0.15) is 34.6 Å². The summed E-state index contributed by atoms with van der Waals surface area (Å²) in [7, 11) is 1.14. The van der Waals surface area contributed by atoms with Gasteiger partial charge in [-0.3, -0.25) is 4.79 Å². The Kier molecular flexibility index (Phi) is 3.62. The van der Waals surface area contributed by atoms with Crippen LogP contribution in [-0.4, -0.2) is 24.7 Å². The predicted octanol–water partition coefficient (Wildman–Crippen LogP) is 1.68. The van der Waals surface area contributed by atoms with Gasteiger partial charge < -0.3 is 4.74 Å². The van der Waals surface area contributed by atoms with Crippen molar-refractivity contribution in [1.29, 1.82) is 0 Å². The van der Waals surface area contributed by atoms with Gasteiger partial charge in [-0.05, 0) is 34.6 Å². The summed E-state index contributed by atoms with van der Waals surface area (Å²) in [5, 5.41) is 0. The molecule has 0 radical (unpaired) electrons. The van der Waals surface area contributed by atoms with Gasteiger partial charge in [-0.1, -0.05) is 0 Å². The first-order valence-electron chi connectivity index (χ1n) is 4.05. The van der Waals surface area contributed by atoms with Crippen LogP contribution in [0.15, 0.2) is 0 Å². The summed E-state index contributed by atoms with van der Waals surface area (Å²) in [5.74, 6) is -0.847. The monoisotopic (exact) mass is 242 g/mol. The van der Waals surface area contributed by atoms with Gasteiger partial charge in [0.05, 0.1) is 0 Å². The Balaban J connectivity index is 4.89. The fourth-order valence-electron chi connectivity index (χ4n) is 0.501. The van der Waals surface area contributed by atoms with E-state index in [4.69, 9.17) is 15.4 Å². The van der Waals surface area contributed by atoms with Crippen LogP contribution < -0.4 is 0 Å². The largest absolute Gasteiger partial charge is 0.459 e. The van der Waals surface area contributed by atoms with Gasteiger partial charge in [0.25, 0.3) is 0 Å². The molecule has 4 nitrogen and oxygen atoms in total. The number of ether oxygens (including phenoxy) is 1. The van der Waals surface area contributed by atoms with Gasteiger partial charge in [-0.15, -0.1) is 0 Å². The van der Waals surface area contributed by atoms with Crippen molar-refractivity contribution >= 4 is 25.7 Å². The lowest BCUT2D eigenvalue weighted by Crippen LogP contribution is -2.42. The molecule has 0 aliphatic heterocycles. The van der Waals surface area contributed by atoms with Crippen LogP contribution >= 0.6 is 10.7 Å². The minimum atomic E-state index is -3.98. The molecule has 0 rings (SSSR count). The Hall–Kier alpha value is -0.290. The lowest BCUT2D eigenvalue weighted by Gasteiger charge is -2.26. The molecule has 0 saturated heterocycles. The van der Waals surface area contributed by atoms with Crippen LogP contribution in [-0.2, 0) is 18.6 Å². The Morgan fingerprint density at radius 3 is 1.71 bits per heavy atom. The number of carbonyl (C=O) groups excluding carboxylic acids is 1. The Bertz CT molecular complexity index is 324. The van der Waals surface area contributed by atoms with Gasteiger partial charge in [-0.25, -0.2) is 8.42 Å². The van der Waals surface area contributed by atoms with E-state index in [9.17, 15) is 13.2 Å². The molecule has 0 aliphatic carbocycles. The highest BCUT2D eigenvalue weighted by Crippen LogP contribution is 2.24. The molecule has 6 heteroatoms. The van der Waals surface area contributed by atoms with Crippen LogP contribution in [0.25, 0.3) is 0 Å². The number of carbonyl (C=O) groups is 1. The smallest absolute Gasteiger partial charge is 0.328 e. The van der Waals surface area contributed by atoms with Gasteiger partial charge >= 0.3 is 5.97 Å². The molecule has 0 aromatic carbocycles. The molecule has 0 N–H and O–H groups in total. The van der Waals surface area contributed by atoms with Crippen molar-refractivity contribution in [3.63, 3.8) is 0 Å². The van der Waals surface area contributed by atoms with Crippen molar-refractivity contribution in [3.8, 4) is 0 Å². The summed E-state index contributed by atoms with van der Waals surface area (Å²) < 4.78 is 25.3. The van der Waals surface area contributed by atoms with Crippen molar-refractivity contribution in [2.24, 2.45) is 0 Å². The zero-order valence-corrected chi connectivity index (χ0v) is 10.5. The molecule has 0 atom stereocenters. The number of hydrogen-bond acceptors (Lipinski definition) is 4. The van der Waals surface area contributed by atoms with Gasteiger partial charge in [0.15, 0.2) is 4.75 Å². The van der Waals surface area contributed by atoms with Crippen LogP contribution in [0.2, 0.25) is 0 Å². The molecule has 14 heavy (non-hydrogen) atoms. The fourth-order valence-corrected chi connectivity index (χ4v) is 0.930. The van der Waals surface area contributed by atoms with Crippen LogP contribution in [0, 0.1) is 0 Å². The highest BCUT2D eigenvalue weighted by molar-refractivity contribution is 8.15. The lowest BCUT2D eigenvalue weighted by atomic mass is 10.1. The van der Waals surface area contributed by atoms with E-state index in [1.807, 2.05) is 0 Å². The van der Waals surface area contributed by atoms with E-state index in [-0.39, 0.29) is 0 Å². The summed E-state index contributed by atoms with van der Waals surface area (Å²) in [6, 6.07) is 0. The average molecular weight is 243 g/mol. The van der Waals surface area contributed by atoms with Gasteiger partial charge in [-0.2, -0.15) is 0 Å². The Labute approximate surface area is 89.0 Å². The molecule has 0 amide bonds. The topological polar surface area (TPSA) is 60.4 Å². The maximum absolute atomic E-state index is 11.4. The van der Waals surface area contributed by atoms with E-state index in [1.165, 1.54) is 13.8 Å². The van der Waals surface area contributed by atoms with E-state index in [0.717, 1.165) is 0 Å². The quantitative estimate of drug-likeness (QED) is 0.546. The fraction of sp³-hybridized carbons (Fsp3) is 0.875. The molecule has 0 aromatic rings. The van der Waals surface area contributed by atoms with Gasteiger partial charge in [0.2, 0.25) is 9.05 Å². The number of halogens is 1. The third-order valence-corrected chi connectivity index (χ3v) is 4.04. The lowest BCUT2D eigenvalue weighted by molar-refractivity contribution is -0.157. The van der Waals surface area contributed by atoms with Crippen molar-refractivity contribution in [2.75, 3.05) is 0 Å². The number of esters is 1. The average Bonchev–Trinajstić information content (AvgIpc) is 1.80. The molecule has 0 aliphatic rings. The standard InChI is InChI=1S/C8H15ClO4S/c1-7(2,3)13-6(10)8(4,5)14(9,11)12/h1-5H3.